The average Bonchev–Trinajstić information content (AvgIpc) is 2.73. The number of anilines is 1. The van der Waals surface area contributed by atoms with Crippen molar-refractivity contribution >= 4 is 22.4 Å². The molecule has 0 bridgehead atoms. The van der Waals surface area contributed by atoms with Gasteiger partial charge in [-0.2, -0.15) is 0 Å². The lowest BCUT2D eigenvalue weighted by molar-refractivity contribution is 0.0935. The van der Waals surface area contributed by atoms with Crippen LogP contribution in [-0.2, 0) is 0 Å². The lowest BCUT2D eigenvalue weighted by Gasteiger charge is -2.13. The summed E-state index contributed by atoms with van der Waals surface area (Å²) in [5.74, 6) is 0.0848. The van der Waals surface area contributed by atoms with Crippen molar-refractivity contribution in [3.05, 3.63) is 11.1 Å². The number of carbonyl (C=O) groups is 1. The molecule has 1 aromatic rings. The molecule has 96 valence electrons. The Balaban J connectivity index is 2.39. The molecule has 0 aliphatic carbocycles. The molecule has 2 unspecified atom stereocenters. The predicted octanol–water partition coefficient (Wildman–Crippen LogP) is 1.32. The first-order valence-corrected chi connectivity index (χ1v) is 6.50. The monoisotopic (exact) mass is 257 g/mol. The van der Waals surface area contributed by atoms with Gasteiger partial charge in [-0.1, -0.05) is 6.92 Å². The standard InChI is InChI=1S/C11H19N3O2S/c1-7(4-8(2)15)5-13-10(16)9-6-17-11(12-3)14-9/h6-8,15H,4-5H2,1-3H3,(H,12,14)(H,13,16). The molecule has 5 nitrogen and oxygen atoms in total. The molecule has 0 saturated carbocycles. The van der Waals surface area contributed by atoms with Gasteiger partial charge in [-0.15, -0.1) is 11.3 Å². The zero-order chi connectivity index (χ0) is 12.8. The molecular formula is C11H19N3O2S. The van der Waals surface area contributed by atoms with E-state index < -0.39 is 0 Å². The first-order chi connectivity index (χ1) is 8.02. The minimum atomic E-state index is -0.336. The molecular weight excluding hydrogens is 238 g/mol. The maximum Gasteiger partial charge on any atom is 0.270 e. The summed E-state index contributed by atoms with van der Waals surface area (Å²) in [6.45, 7) is 4.29. The molecule has 0 aliphatic rings. The van der Waals surface area contributed by atoms with E-state index in [1.165, 1.54) is 11.3 Å². The van der Waals surface area contributed by atoms with Crippen molar-refractivity contribution in [3.8, 4) is 0 Å². The topological polar surface area (TPSA) is 74.2 Å². The third-order valence-electron chi connectivity index (χ3n) is 2.31. The van der Waals surface area contributed by atoms with Crippen LogP contribution in [0.1, 0.15) is 30.8 Å². The van der Waals surface area contributed by atoms with Gasteiger partial charge < -0.3 is 15.7 Å². The molecule has 6 heteroatoms. The third kappa shape index (κ3) is 4.70. The summed E-state index contributed by atoms with van der Waals surface area (Å²) in [4.78, 5) is 15.8. The van der Waals surface area contributed by atoms with Crippen LogP contribution in [0.5, 0.6) is 0 Å². The highest BCUT2D eigenvalue weighted by Gasteiger charge is 2.12. The molecule has 1 aromatic heterocycles. The number of rotatable bonds is 6. The summed E-state index contributed by atoms with van der Waals surface area (Å²) in [7, 11) is 1.77. The van der Waals surface area contributed by atoms with E-state index in [4.69, 9.17) is 0 Å². The number of carbonyl (C=O) groups excluding carboxylic acids is 1. The number of aliphatic hydroxyl groups is 1. The van der Waals surface area contributed by atoms with E-state index >= 15 is 0 Å². The Hall–Kier alpha value is -1.14. The van der Waals surface area contributed by atoms with Crippen LogP contribution in [0.15, 0.2) is 5.38 Å². The third-order valence-corrected chi connectivity index (χ3v) is 3.17. The second-order valence-electron chi connectivity index (χ2n) is 4.19. The maximum atomic E-state index is 11.7. The van der Waals surface area contributed by atoms with Crippen molar-refractivity contribution in [2.75, 3.05) is 18.9 Å². The molecule has 1 heterocycles. The Labute approximate surface area is 105 Å². The second kappa shape index (κ2) is 6.56. The summed E-state index contributed by atoms with van der Waals surface area (Å²) in [6, 6.07) is 0. The molecule has 0 aliphatic heterocycles. The first kappa shape index (κ1) is 13.9. The van der Waals surface area contributed by atoms with Crippen LogP contribution in [0.25, 0.3) is 0 Å². The van der Waals surface area contributed by atoms with E-state index in [9.17, 15) is 9.90 Å². The van der Waals surface area contributed by atoms with E-state index in [0.717, 1.165) is 5.13 Å². The van der Waals surface area contributed by atoms with Crippen molar-refractivity contribution in [1.29, 1.82) is 0 Å². The van der Waals surface area contributed by atoms with Gasteiger partial charge in [-0.3, -0.25) is 4.79 Å². The number of hydrogen-bond donors (Lipinski definition) is 3. The fourth-order valence-electron chi connectivity index (χ4n) is 1.52. The molecule has 17 heavy (non-hydrogen) atoms. The van der Waals surface area contributed by atoms with Crippen LogP contribution in [0.4, 0.5) is 5.13 Å². The van der Waals surface area contributed by atoms with Gasteiger partial charge in [-0.05, 0) is 19.3 Å². The number of nitrogens with zero attached hydrogens (tertiary/aromatic N) is 1. The van der Waals surface area contributed by atoms with Crippen LogP contribution in [0.3, 0.4) is 0 Å². The predicted molar refractivity (Wildman–Crippen MR) is 69.5 cm³/mol. The van der Waals surface area contributed by atoms with Gasteiger partial charge in [0, 0.05) is 19.0 Å². The molecule has 0 fully saturated rings. The molecule has 0 radical (unpaired) electrons. The number of thiazole rings is 1. The minimum Gasteiger partial charge on any atom is -0.393 e. The average molecular weight is 257 g/mol. The van der Waals surface area contributed by atoms with Crippen LogP contribution >= 0.6 is 11.3 Å². The fourth-order valence-corrected chi connectivity index (χ4v) is 2.17. The van der Waals surface area contributed by atoms with Crippen molar-refractivity contribution in [1.82, 2.24) is 10.3 Å². The molecule has 0 saturated heterocycles. The summed E-state index contributed by atoms with van der Waals surface area (Å²) in [5.41, 5.74) is 0.434. The van der Waals surface area contributed by atoms with Gasteiger partial charge in [0.05, 0.1) is 6.10 Å². The zero-order valence-corrected chi connectivity index (χ0v) is 11.2. The van der Waals surface area contributed by atoms with Gasteiger partial charge in [-0.25, -0.2) is 4.98 Å². The summed E-state index contributed by atoms with van der Waals surface area (Å²) >= 11 is 1.40. The lowest BCUT2D eigenvalue weighted by atomic mass is 10.0. The number of hydrogen-bond acceptors (Lipinski definition) is 5. The molecule has 3 N–H and O–H groups in total. The van der Waals surface area contributed by atoms with E-state index in [-0.39, 0.29) is 17.9 Å². The minimum absolute atomic E-state index is 0.166. The largest absolute Gasteiger partial charge is 0.393 e. The highest BCUT2D eigenvalue weighted by Crippen LogP contribution is 2.14. The van der Waals surface area contributed by atoms with E-state index in [0.29, 0.717) is 18.7 Å². The van der Waals surface area contributed by atoms with Gasteiger partial charge >= 0.3 is 0 Å². The summed E-state index contributed by atoms with van der Waals surface area (Å²) in [6.07, 6.45) is 0.344. The number of aromatic nitrogens is 1. The molecule has 1 amide bonds. The Bertz CT molecular complexity index is 365. The first-order valence-electron chi connectivity index (χ1n) is 5.62. The van der Waals surface area contributed by atoms with Crippen LogP contribution in [0, 0.1) is 5.92 Å². The normalized spacial score (nSPS) is 14.1. The molecule has 1 rings (SSSR count). The molecule has 2 atom stereocenters. The van der Waals surface area contributed by atoms with E-state index in [1.807, 2.05) is 6.92 Å². The Kier molecular flexibility index (Phi) is 5.37. The SMILES string of the molecule is CNc1nc(C(=O)NCC(C)CC(C)O)cs1. The Morgan fingerprint density at radius 3 is 2.82 bits per heavy atom. The Morgan fingerprint density at radius 2 is 2.29 bits per heavy atom. The number of amides is 1. The quantitative estimate of drug-likeness (QED) is 0.718. The maximum absolute atomic E-state index is 11.7. The van der Waals surface area contributed by atoms with Crippen LogP contribution in [-0.4, -0.2) is 35.7 Å². The van der Waals surface area contributed by atoms with E-state index in [1.54, 1.807) is 19.4 Å². The van der Waals surface area contributed by atoms with Crippen molar-refractivity contribution < 1.29 is 9.90 Å². The summed E-state index contributed by atoms with van der Waals surface area (Å²) < 4.78 is 0. The second-order valence-corrected chi connectivity index (χ2v) is 5.05. The molecule has 0 aromatic carbocycles. The van der Waals surface area contributed by atoms with Crippen molar-refractivity contribution in [2.24, 2.45) is 5.92 Å². The summed E-state index contributed by atoms with van der Waals surface area (Å²) in [5, 5.41) is 17.4. The highest BCUT2D eigenvalue weighted by molar-refractivity contribution is 7.13. The van der Waals surface area contributed by atoms with Gasteiger partial charge in [0.2, 0.25) is 0 Å². The smallest absolute Gasteiger partial charge is 0.270 e. The highest BCUT2D eigenvalue weighted by atomic mass is 32.1. The van der Waals surface area contributed by atoms with Crippen molar-refractivity contribution in [2.45, 2.75) is 26.4 Å². The number of nitrogens with one attached hydrogen (secondary N) is 2. The lowest BCUT2D eigenvalue weighted by Crippen LogP contribution is -2.29. The van der Waals surface area contributed by atoms with Crippen LogP contribution < -0.4 is 10.6 Å². The number of aliphatic hydroxyl groups excluding tert-OH is 1. The zero-order valence-electron chi connectivity index (χ0n) is 10.4. The van der Waals surface area contributed by atoms with Gasteiger partial charge in [0.15, 0.2) is 5.13 Å². The Morgan fingerprint density at radius 1 is 1.59 bits per heavy atom. The van der Waals surface area contributed by atoms with Crippen LogP contribution in [0.2, 0.25) is 0 Å². The molecule has 0 spiro atoms. The fraction of sp³-hybridized carbons (Fsp3) is 0.636. The van der Waals surface area contributed by atoms with Gasteiger partial charge in [0.25, 0.3) is 5.91 Å². The van der Waals surface area contributed by atoms with Gasteiger partial charge in [0.1, 0.15) is 5.69 Å². The van der Waals surface area contributed by atoms with E-state index in [2.05, 4.69) is 15.6 Å². The van der Waals surface area contributed by atoms with Crippen molar-refractivity contribution in [3.63, 3.8) is 0 Å².